The first-order chi connectivity index (χ1) is 11.1. The molecule has 1 fully saturated rings. The lowest BCUT2D eigenvalue weighted by atomic mass is 10.2. The van der Waals surface area contributed by atoms with Gasteiger partial charge in [0.05, 0.1) is 5.02 Å². The molecule has 0 bridgehead atoms. The lowest BCUT2D eigenvalue weighted by molar-refractivity contribution is -0.120. The maximum atomic E-state index is 11.5. The zero-order valence-electron chi connectivity index (χ0n) is 13.2. The molecule has 0 radical (unpaired) electrons. The molecule has 1 aromatic rings. The molecule has 2 rings (SSSR count). The second-order valence-corrected chi connectivity index (χ2v) is 5.83. The van der Waals surface area contributed by atoms with Crippen LogP contribution in [0, 0.1) is 0 Å². The van der Waals surface area contributed by atoms with Crippen molar-refractivity contribution in [1.29, 1.82) is 0 Å². The number of carbonyl (C=O) groups is 2. The smallest absolute Gasteiger partial charge is 0.321 e. The third kappa shape index (κ3) is 5.69. The average molecular weight is 340 g/mol. The summed E-state index contributed by atoms with van der Waals surface area (Å²) in [7, 11) is 1.48. The van der Waals surface area contributed by atoms with Crippen molar-refractivity contribution in [3.05, 3.63) is 23.4 Å². The van der Waals surface area contributed by atoms with E-state index in [1.807, 2.05) is 12.1 Å². The Kier molecular flexibility index (Phi) is 6.61. The molecule has 1 aromatic heterocycles. The minimum absolute atomic E-state index is 0.242. The molecule has 0 aliphatic carbocycles. The van der Waals surface area contributed by atoms with Crippen LogP contribution in [0.15, 0.2) is 18.3 Å². The van der Waals surface area contributed by atoms with E-state index in [9.17, 15) is 9.59 Å². The quantitative estimate of drug-likeness (QED) is 0.839. The Bertz CT molecular complexity index is 529. The molecule has 1 aliphatic rings. The molecule has 1 aliphatic heterocycles. The van der Waals surface area contributed by atoms with Crippen LogP contribution in [0.3, 0.4) is 0 Å². The second kappa shape index (κ2) is 8.69. The third-order valence-corrected chi connectivity index (χ3v) is 3.99. The maximum Gasteiger partial charge on any atom is 0.321 e. The minimum atomic E-state index is -0.459. The summed E-state index contributed by atoms with van der Waals surface area (Å²) in [6.07, 6.45) is 2.75. The van der Waals surface area contributed by atoms with E-state index in [-0.39, 0.29) is 5.91 Å². The van der Waals surface area contributed by atoms with Crippen LogP contribution >= 0.6 is 11.6 Å². The molecule has 2 N–H and O–H groups in total. The number of nitrogens with zero attached hydrogens (tertiary/aromatic N) is 3. The van der Waals surface area contributed by atoms with E-state index in [2.05, 4.69) is 25.4 Å². The van der Waals surface area contributed by atoms with Gasteiger partial charge in [-0.3, -0.25) is 15.0 Å². The summed E-state index contributed by atoms with van der Waals surface area (Å²) >= 11 is 5.85. The Balaban J connectivity index is 1.66. The monoisotopic (exact) mass is 339 g/mol. The molecule has 0 atom stereocenters. The van der Waals surface area contributed by atoms with Crippen molar-refractivity contribution in [1.82, 2.24) is 20.5 Å². The molecular formula is C15H22ClN5O2. The van der Waals surface area contributed by atoms with Gasteiger partial charge in [0.1, 0.15) is 5.82 Å². The maximum absolute atomic E-state index is 11.5. The Morgan fingerprint density at radius 2 is 2.00 bits per heavy atom. The van der Waals surface area contributed by atoms with Crippen LogP contribution in [0.4, 0.5) is 10.6 Å². The highest BCUT2D eigenvalue weighted by molar-refractivity contribution is 6.30. The average Bonchev–Trinajstić information content (AvgIpc) is 2.56. The Hall–Kier alpha value is -1.86. The highest BCUT2D eigenvalue weighted by atomic mass is 35.5. The molecule has 2 heterocycles. The van der Waals surface area contributed by atoms with Crippen molar-refractivity contribution in [2.75, 3.05) is 44.7 Å². The fraction of sp³-hybridized carbons (Fsp3) is 0.533. The Labute approximate surface area is 141 Å². The minimum Gasteiger partial charge on any atom is -0.354 e. The van der Waals surface area contributed by atoms with Gasteiger partial charge in [0.15, 0.2) is 0 Å². The number of amides is 3. The van der Waals surface area contributed by atoms with Crippen molar-refractivity contribution in [2.45, 2.75) is 12.8 Å². The van der Waals surface area contributed by atoms with Gasteiger partial charge in [-0.25, -0.2) is 9.78 Å². The van der Waals surface area contributed by atoms with Gasteiger partial charge >= 0.3 is 6.03 Å². The zero-order chi connectivity index (χ0) is 16.7. The number of aromatic nitrogens is 1. The predicted octanol–water partition coefficient (Wildman–Crippen LogP) is 1.09. The number of piperazine rings is 1. The molecule has 23 heavy (non-hydrogen) atoms. The van der Waals surface area contributed by atoms with Crippen molar-refractivity contribution in [3.8, 4) is 0 Å². The SMILES string of the molecule is CNC(=O)NC(=O)CCCN1CCN(c2ccc(Cl)cn2)CC1. The van der Waals surface area contributed by atoms with Crippen molar-refractivity contribution in [2.24, 2.45) is 0 Å². The van der Waals surface area contributed by atoms with Gasteiger partial charge in [0.2, 0.25) is 5.91 Å². The first kappa shape index (κ1) is 17.5. The molecule has 3 amide bonds. The van der Waals surface area contributed by atoms with Crippen LogP contribution in [0.5, 0.6) is 0 Å². The van der Waals surface area contributed by atoms with Crippen LogP contribution < -0.4 is 15.5 Å². The number of imide groups is 1. The summed E-state index contributed by atoms with van der Waals surface area (Å²) in [6.45, 7) is 4.52. The van der Waals surface area contributed by atoms with Gasteiger partial charge < -0.3 is 10.2 Å². The van der Waals surface area contributed by atoms with Crippen LogP contribution in [0.25, 0.3) is 0 Å². The number of hydrogen-bond acceptors (Lipinski definition) is 5. The molecule has 1 saturated heterocycles. The number of urea groups is 1. The fourth-order valence-electron chi connectivity index (χ4n) is 2.47. The van der Waals surface area contributed by atoms with Crippen LogP contribution in [0.2, 0.25) is 5.02 Å². The first-order valence-electron chi connectivity index (χ1n) is 7.69. The molecule has 8 heteroatoms. The van der Waals surface area contributed by atoms with E-state index < -0.39 is 6.03 Å². The lowest BCUT2D eigenvalue weighted by Crippen LogP contribution is -2.47. The topological polar surface area (TPSA) is 77.6 Å². The summed E-state index contributed by atoms with van der Waals surface area (Å²) < 4.78 is 0. The molecule has 126 valence electrons. The predicted molar refractivity (Wildman–Crippen MR) is 89.7 cm³/mol. The van der Waals surface area contributed by atoms with Crippen molar-refractivity contribution in [3.63, 3.8) is 0 Å². The van der Waals surface area contributed by atoms with Crippen LogP contribution in [-0.2, 0) is 4.79 Å². The number of hydrogen-bond donors (Lipinski definition) is 2. The molecule has 0 saturated carbocycles. The standard InChI is InChI=1S/C15H22ClN5O2/c1-17-15(23)19-14(22)3-2-6-20-7-9-21(10-8-20)13-5-4-12(16)11-18-13/h4-5,11H,2-3,6-10H2,1H3,(H2,17,19,22,23). The second-order valence-electron chi connectivity index (χ2n) is 5.39. The summed E-state index contributed by atoms with van der Waals surface area (Å²) in [5.41, 5.74) is 0. The summed E-state index contributed by atoms with van der Waals surface area (Å²) in [4.78, 5) is 31.4. The van der Waals surface area contributed by atoms with Gasteiger partial charge in [-0.1, -0.05) is 11.6 Å². The van der Waals surface area contributed by atoms with E-state index in [1.54, 1.807) is 6.20 Å². The first-order valence-corrected chi connectivity index (χ1v) is 8.06. The van der Waals surface area contributed by atoms with Gasteiger partial charge in [0, 0.05) is 45.8 Å². The zero-order valence-corrected chi connectivity index (χ0v) is 14.0. The van der Waals surface area contributed by atoms with Gasteiger partial charge in [-0.15, -0.1) is 0 Å². The van der Waals surface area contributed by atoms with E-state index in [4.69, 9.17) is 11.6 Å². The van der Waals surface area contributed by atoms with Gasteiger partial charge in [-0.2, -0.15) is 0 Å². The Morgan fingerprint density at radius 3 is 2.61 bits per heavy atom. The highest BCUT2D eigenvalue weighted by Crippen LogP contribution is 2.16. The Morgan fingerprint density at radius 1 is 1.26 bits per heavy atom. The normalized spacial score (nSPS) is 15.3. The number of nitrogens with one attached hydrogen (secondary N) is 2. The summed E-state index contributed by atoms with van der Waals surface area (Å²) in [5, 5.41) is 5.27. The third-order valence-electron chi connectivity index (χ3n) is 3.77. The van der Waals surface area contributed by atoms with E-state index in [0.717, 1.165) is 45.0 Å². The number of pyridine rings is 1. The number of halogens is 1. The number of carbonyl (C=O) groups excluding carboxylic acids is 2. The molecular weight excluding hydrogens is 318 g/mol. The van der Waals surface area contributed by atoms with Gasteiger partial charge in [0.25, 0.3) is 0 Å². The van der Waals surface area contributed by atoms with Crippen LogP contribution in [-0.4, -0.2) is 61.6 Å². The van der Waals surface area contributed by atoms with E-state index >= 15 is 0 Å². The highest BCUT2D eigenvalue weighted by Gasteiger charge is 2.18. The molecule has 0 aromatic carbocycles. The molecule has 0 spiro atoms. The van der Waals surface area contributed by atoms with Crippen molar-refractivity contribution >= 4 is 29.4 Å². The van der Waals surface area contributed by atoms with Gasteiger partial charge in [-0.05, 0) is 25.1 Å². The lowest BCUT2D eigenvalue weighted by Gasteiger charge is -2.35. The number of rotatable bonds is 5. The van der Waals surface area contributed by atoms with Crippen LogP contribution in [0.1, 0.15) is 12.8 Å². The largest absolute Gasteiger partial charge is 0.354 e. The molecule has 7 nitrogen and oxygen atoms in total. The number of anilines is 1. The van der Waals surface area contributed by atoms with Crippen molar-refractivity contribution < 1.29 is 9.59 Å². The van der Waals surface area contributed by atoms with E-state index in [1.165, 1.54) is 7.05 Å². The summed E-state index contributed by atoms with van der Waals surface area (Å²) in [5.74, 6) is 0.701. The van der Waals surface area contributed by atoms with E-state index in [0.29, 0.717) is 11.4 Å². The summed E-state index contributed by atoms with van der Waals surface area (Å²) in [6, 6.07) is 3.32. The fourth-order valence-corrected chi connectivity index (χ4v) is 2.58. The molecule has 0 unspecified atom stereocenters.